The lowest BCUT2D eigenvalue weighted by molar-refractivity contribution is -0.125. The summed E-state index contributed by atoms with van der Waals surface area (Å²) in [5.74, 6) is 0.708. The van der Waals surface area contributed by atoms with Crippen molar-refractivity contribution in [3.63, 3.8) is 0 Å². The molecule has 0 heterocycles. The van der Waals surface area contributed by atoms with E-state index in [0.717, 1.165) is 5.75 Å². The Kier molecular flexibility index (Phi) is 8.53. The van der Waals surface area contributed by atoms with Gasteiger partial charge in [-0.15, -0.1) is 0 Å². The van der Waals surface area contributed by atoms with Crippen LogP contribution in [-0.4, -0.2) is 43.8 Å². The van der Waals surface area contributed by atoms with E-state index in [-0.39, 0.29) is 18.1 Å². The molecule has 30 heavy (non-hydrogen) atoms. The van der Waals surface area contributed by atoms with E-state index in [9.17, 15) is 9.59 Å². The number of carbonyl (C=O) groups excluding carboxylic acids is 2. The molecule has 0 fully saturated rings. The molecule has 0 aliphatic heterocycles. The van der Waals surface area contributed by atoms with Crippen LogP contribution < -0.4 is 19.5 Å². The number of esters is 1. The number of hydrogen-bond donors (Lipinski definition) is 1. The molecule has 2 aromatic carbocycles. The number of ether oxygens (including phenoxy) is 4. The molecule has 0 aromatic heterocycles. The van der Waals surface area contributed by atoms with Gasteiger partial charge in [-0.1, -0.05) is 18.2 Å². The molecular weight excluding hydrogens is 386 g/mol. The molecule has 0 saturated carbocycles. The minimum atomic E-state index is -0.612. The molecule has 1 N–H and O–H groups in total. The molecule has 7 heteroatoms. The lowest BCUT2D eigenvalue weighted by Gasteiger charge is -2.20. The van der Waals surface area contributed by atoms with Gasteiger partial charge in [0.1, 0.15) is 19.0 Å². The average molecular weight is 415 g/mol. The first-order chi connectivity index (χ1) is 14.3. The van der Waals surface area contributed by atoms with Gasteiger partial charge in [-0.3, -0.25) is 4.79 Å². The van der Waals surface area contributed by atoms with Crippen molar-refractivity contribution in [3.05, 3.63) is 54.1 Å². The van der Waals surface area contributed by atoms with Crippen molar-refractivity contribution in [2.45, 2.75) is 33.2 Å². The first-order valence-electron chi connectivity index (χ1n) is 9.84. The topological polar surface area (TPSA) is 83.1 Å². The van der Waals surface area contributed by atoms with Gasteiger partial charge in [0.05, 0.1) is 12.2 Å². The lowest BCUT2D eigenvalue weighted by Crippen LogP contribution is -2.42. The van der Waals surface area contributed by atoms with Crippen LogP contribution in [0, 0.1) is 0 Å². The molecular formula is C23H29NO6. The standard InChI is InChI=1S/C23H29NO6/c1-5-27-20-15-17(22(26)30-16-21(25)24-23(2,3)4)11-12-19(20)29-14-13-28-18-9-7-6-8-10-18/h6-12,15H,5,13-14,16H2,1-4H3,(H,24,25). The van der Waals surface area contributed by atoms with Gasteiger partial charge in [-0.05, 0) is 58.0 Å². The summed E-state index contributed by atoms with van der Waals surface area (Å²) in [4.78, 5) is 24.1. The maximum atomic E-state index is 12.3. The van der Waals surface area contributed by atoms with E-state index in [2.05, 4.69) is 5.32 Å². The van der Waals surface area contributed by atoms with E-state index in [1.54, 1.807) is 18.2 Å². The highest BCUT2D eigenvalue weighted by Gasteiger charge is 2.17. The van der Waals surface area contributed by atoms with Crippen LogP contribution in [0.4, 0.5) is 0 Å². The summed E-state index contributed by atoms with van der Waals surface area (Å²) in [6.07, 6.45) is 0. The van der Waals surface area contributed by atoms with Crippen LogP contribution in [0.3, 0.4) is 0 Å². The molecule has 0 atom stereocenters. The summed E-state index contributed by atoms with van der Waals surface area (Å²) in [5, 5.41) is 2.73. The zero-order valence-corrected chi connectivity index (χ0v) is 17.9. The van der Waals surface area contributed by atoms with Crippen molar-refractivity contribution in [3.8, 4) is 17.2 Å². The van der Waals surface area contributed by atoms with Gasteiger partial charge in [0.2, 0.25) is 0 Å². The Bertz CT molecular complexity index is 829. The predicted molar refractivity (Wildman–Crippen MR) is 113 cm³/mol. The Morgan fingerprint density at radius 2 is 1.60 bits per heavy atom. The number of carbonyl (C=O) groups is 2. The van der Waals surface area contributed by atoms with Crippen molar-refractivity contribution >= 4 is 11.9 Å². The Morgan fingerprint density at radius 1 is 0.900 bits per heavy atom. The number of hydrogen-bond acceptors (Lipinski definition) is 6. The van der Waals surface area contributed by atoms with Crippen LogP contribution in [0.25, 0.3) is 0 Å². The van der Waals surface area contributed by atoms with Crippen LogP contribution in [-0.2, 0) is 9.53 Å². The fourth-order valence-electron chi connectivity index (χ4n) is 2.52. The molecule has 0 aliphatic carbocycles. The molecule has 0 unspecified atom stereocenters. The van der Waals surface area contributed by atoms with E-state index in [1.165, 1.54) is 0 Å². The molecule has 7 nitrogen and oxygen atoms in total. The number of nitrogens with one attached hydrogen (secondary N) is 1. The van der Waals surface area contributed by atoms with Gasteiger partial charge in [0.25, 0.3) is 5.91 Å². The molecule has 2 aromatic rings. The minimum Gasteiger partial charge on any atom is -0.490 e. The molecule has 0 radical (unpaired) electrons. The largest absolute Gasteiger partial charge is 0.490 e. The normalized spacial score (nSPS) is 10.8. The smallest absolute Gasteiger partial charge is 0.338 e. The van der Waals surface area contributed by atoms with Crippen molar-refractivity contribution in [2.75, 3.05) is 26.4 Å². The zero-order valence-electron chi connectivity index (χ0n) is 17.9. The lowest BCUT2D eigenvalue weighted by atomic mass is 10.1. The van der Waals surface area contributed by atoms with Gasteiger partial charge in [0.15, 0.2) is 18.1 Å². The molecule has 162 valence electrons. The second kappa shape index (κ2) is 11.1. The molecule has 1 amide bonds. The number of para-hydroxylation sites is 1. The Balaban J connectivity index is 1.91. The highest BCUT2D eigenvalue weighted by molar-refractivity contribution is 5.92. The van der Waals surface area contributed by atoms with Crippen molar-refractivity contribution in [1.82, 2.24) is 5.32 Å². The summed E-state index contributed by atoms with van der Waals surface area (Å²) in [5.41, 5.74) is -0.121. The fourth-order valence-corrected chi connectivity index (χ4v) is 2.52. The average Bonchev–Trinajstić information content (AvgIpc) is 2.70. The van der Waals surface area contributed by atoms with Crippen LogP contribution in [0.1, 0.15) is 38.1 Å². The van der Waals surface area contributed by atoms with Gasteiger partial charge < -0.3 is 24.3 Å². The summed E-state index contributed by atoms with van der Waals surface area (Å²) in [6.45, 7) is 8.12. The number of benzene rings is 2. The maximum absolute atomic E-state index is 12.3. The van der Waals surface area contributed by atoms with Crippen LogP contribution in [0.2, 0.25) is 0 Å². The van der Waals surface area contributed by atoms with Crippen molar-refractivity contribution < 1.29 is 28.5 Å². The molecule has 0 aliphatic rings. The van der Waals surface area contributed by atoms with Gasteiger partial charge in [-0.2, -0.15) is 0 Å². The van der Waals surface area contributed by atoms with E-state index in [4.69, 9.17) is 18.9 Å². The quantitative estimate of drug-likeness (QED) is 0.471. The third-order valence-electron chi connectivity index (χ3n) is 3.68. The molecule has 0 spiro atoms. The Labute approximate surface area is 177 Å². The number of amides is 1. The summed E-state index contributed by atoms with van der Waals surface area (Å²) in [7, 11) is 0. The van der Waals surface area contributed by atoms with E-state index in [0.29, 0.717) is 31.3 Å². The minimum absolute atomic E-state index is 0.273. The highest BCUT2D eigenvalue weighted by atomic mass is 16.5. The Morgan fingerprint density at radius 3 is 2.27 bits per heavy atom. The third-order valence-corrected chi connectivity index (χ3v) is 3.68. The van der Waals surface area contributed by atoms with Gasteiger partial charge in [0, 0.05) is 5.54 Å². The SMILES string of the molecule is CCOc1cc(C(=O)OCC(=O)NC(C)(C)C)ccc1OCCOc1ccccc1. The highest BCUT2D eigenvalue weighted by Crippen LogP contribution is 2.29. The van der Waals surface area contributed by atoms with E-state index in [1.807, 2.05) is 58.0 Å². The molecule has 0 saturated heterocycles. The second-order valence-corrected chi connectivity index (χ2v) is 7.48. The van der Waals surface area contributed by atoms with Gasteiger partial charge >= 0.3 is 5.97 Å². The summed E-state index contributed by atoms with van der Waals surface area (Å²) in [6, 6.07) is 14.2. The van der Waals surface area contributed by atoms with E-state index >= 15 is 0 Å². The van der Waals surface area contributed by atoms with E-state index < -0.39 is 11.5 Å². The summed E-state index contributed by atoms with van der Waals surface area (Å²) >= 11 is 0. The molecule has 2 rings (SSSR count). The monoisotopic (exact) mass is 415 g/mol. The van der Waals surface area contributed by atoms with Crippen molar-refractivity contribution in [2.24, 2.45) is 0 Å². The predicted octanol–water partition coefficient (Wildman–Crippen LogP) is 3.61. The van der Waals surface area contributed by atoms with Crippen LogP contribution in [0.15, 0.2) is 48.5 Å². The zero-order chi connectivity index (χ0) is 22.0. The third kappa shape index (κ3) is 8.03. The fraction of sp³-hybridized carbons (Fsp3) is 0.391. The van der Waals surface area contributed by atoms with Crippen LogP contribution in [0.5, 0.6) is 17.2 Å². The number of rotatable bonds is 10. The summed E-state index contributed by atoms with van der Waals surface area (Å²) < 4.78 is 22.0. The first kappa shape index (κ1) is 23.1. The maximum Gasteiger partial charge on any atom is 0.338 e. The van der Waals surface area contributed by atoms with Crippen molar-refractivity contribution in [1.29, 1.82) is 0 Å². The Hall–Kier alpha value is -3.22. The first-order valence-corrected chi connectivity index (χ1v) is 9.84. The van der Waals surface area contributed by atoms with Gasteiger partial charge in [-0.25, -0.2) is 4.79 Å². The molecule has 0 bridgehead atoms. The van der Waals surface area contributed by atoms with Crippen LogP contribution >= 0.6 is 0 Å². The second-order valence-electron chi connectivity index (χ2n) is 7.48.